The number of aromatic nitrogens is 1. The number of hydrogen-bond acceptors (Lipinski definition) is 6. The van der Waals surface area contributed by atoms with Crippen LogP contribution in [0.5, 0.6) is 0 Å². The molecule has 2 aromatic rings. The number of pyridine rings is 1. The highest BCUT2D eigenvalue weighted by Crippen LogP contribution is 2.31. The van der Waals surface area contributed by atoms with Crippen LogP contribution in [0.4, 0.5) is 0 Å². The minimum atomic E-state index is -0.633. The Hall–Kier alpha value is -3.59. The molecule has 37 heavy (non-hydrogen) atoms. The lowest BCUT2D eigenvalue weighted by atomic mass is 10.0. The lowest BCUT2D eigenvalue weighted by molar-refractivity contribution is -0.137. The van der Waals surface area contributed by atoms with Crippen LogP contribution in [-0.2, 0) is 27.5 Å². The van der Waals surface area contributed by atoms with Gasteiger partial charge in [0.25, 0.3) is 5.91 Å². The van der Waals surface area contributed by atoms with E-state index in [1.807, 2.05) is 45.0 Å². The van der Waals surface area contributed by atoms with Crippen molar-refractivity contribution >= 4 is 23.6 Å². The molecular weight excluding hydrogens is 470 g/mol. The summed E-state index contributed by atoms with van der Waals surface area (Å²) in [4.78, 5) is 58.0. The van der Waals surface area contributed by atoms with Crippen molar-refractivity contribution in [1.29, 1.82) is 0 Å². The Bertz CT molecular complexity index is 1270. The molecule has 1 aromatic carbocycles. The van der Waals surface area contributed by atoms with E-state index < -0.39 is 11.9 Å². The maximum atomic E-state index is 13.0. The van der Waals surface area contributed by atoms with Gasteiger partial charge in [0.2, 0.25) is 17.7 Å². The maximum Gasteiger partial charge on any atom is 0.255 e. The van der Waals surface area contributed by atoms with Crippen LogP contribution in [0.3, 0.4) is 0 Å². The van der Waals surface area contributed by atoms with Gasteiger partial charge < -0.3 is 10.2 Å². The quantitative estimate of drug-likeness (QED) is 0.606. The van der Waals surface area contributed by atoms with Crippen molar-refractivity contribution in [2.24, 2.45) is 0 Å². The molecular formula is C28H33N5O4. The molecule has 3 aliphatic heterocycles. The number of likely N-dealkylation sites (tertiary alicyclic amines) is 1. The Kier molecular flexibility index (Phi) is 6.58. The van der Waals surface area contributed by atoms with Crippen LogP contribution in [0, 0.1) is 0 Å². The van der Waals surface area contributed by atoms with E-state index in [9.17, 15) is 19.2 Å². The minimum Gasteiger partial charge on any atom is -0.350 e. The number of carbonyl (C=O) groups is 4. The number of imide groups is 1. The molecule has 9 heteroatoms. The number of piperidine rings is 1. The Morgan fingerprint density at radius 3 is 2.70 bits per heavy atom. The summed E-state index contributed by atoms with van der Waals surface area (Å²) >= 11 is 0. The molecule has 3 aliphatic rings. The minimum absolute atomic E-state index is 0.0723. The largest absolute Gasteiger partial charge is 0.350 e. The van der Waals surface area contributed by atoms with Crippen LogP contribution < -0.4 is 10.6 Å². The number of benzene rings is 1. The van der Waals surface area contributed by atoms with E-state index >= 15 is 0 Å². The number of fused-ring (bicyclic) bond motifs is 1. The average Bonchev–Trinajstić information content (AvgIpc) is 3.42. The molecule has 2 unspecified atom stereocenters. The fourth-order valence-corrected chi connectivity index (χ4v) is 5.46. The van der Waals surface area contributed by atoms with Gasteiger partial charge in [-0.2, -0.15) is 0 Å². The first kappa shape index (κ1) is 25.1. The molecule has 9 nitrogen and oxygen atoms in total. The second-order valence-corrected chi connectivity index (χ2v) is 11.2. The first-order valence-corrected chi connectivity index (χ1v) is 12.9. The van der Waals surface area contributed by atoms with Crippen LogP contribution in [0.25, 0.3) is 11.3 Å². The highest BCUT2D eigenvalue weighted by Gasteiger charge is 2.39. The van der Waals surface area contributed by atoms with E-state index in [-0.39, 0.29) is 35.7 Å². The highest BCUT2D eigenvalue weighted by molar-refractivity contribution is 6.05. The summed E-state index contributed by atoms with van der Waals surface area (Å²) < 4.78 is 0. The smallest absolute Gasteiger partial charge is 0.255 e. The average molecular weight is 504 g/mol. The summed E-state index contributed by atoms with van der Waals surface area (Å²) in [7, 11) is 0. The van der Waals surface area contributed by atoms with Gasteiger partial charge in [-0.05, 0) is 82.0 Å². The SMILES string of the molecule is CC(C)(C)NC(=O)C1CCCN1Cc1ccnc(-c2ccc3c(c2)CN(C2CCC(=O)NC2=O)C3=O)c1. The molecule has 4 heterocycles. The van der Waals surface area contributed by atoms with E-state index in [4.69, 9.17) is 0 Å². The third kappa shape index (κ3) is 5.27. The van der Waals surface area contributed by atoms with E-state index in [1.165, 1.54) is 0 Å². The zero-order valence-corrected chi connectivity index (χ0v) is 21.5. The molecule has 0 spiro atoms. The number of rotatable bonds is 5. The Balaban J connectivity index is 1.31. The van der Waals surface area contributed by atoms with Gasteiger partial charge in [-0.1, -0.05) is 6.07 Å². The molecule has 0 bridgehead atoms. The number of nitrogens with one attached hydrogen (secondary N) is 2. The van der Waals surface area contributed by atoms with Crippen molar-refractivity contribution in [2.75, 3.05) is 6.54 Å². The molecule has 2 saturated heterocycles. The van der Waals surface area contributed by atoms with Gasteiger partial charge >= 0.3 is 0 Å². The molecule has 2 fully saturated rings. The molecule has 4 amide bonds. The van der Waals surface area contributed by atoms with Gasteiger partial charge in [-0.3, -0.25) is 34.4 Å². The first-order valence-electron chi connectivity index (χ1n) is 12.9. The fourth-order valence-electron chi connectivity index (χ4n) is 5.46. The third-order valence-corrected chi connectivity index (χ3v) is 7.19. The predicted octanol–water partition coefficient (Wildman–Crippen LogP) is 2.39. The number of nitrogens with zero attached hydrogens (tertiary/aromatic N) is 3. The van der Waals surface area contributed by atoms with Gasteiger partial charge in [0.1, 0.15) is 6.04 Å². The molecule has 2 N–H and O–H groups in total. The van der Waals surface area contributed by atoms with Crippen LogP contribution in [-0.4, -0.2) is 62.6 Å². The van der Waals surface area contributed by atoms with Crippen molar-refractivity contribution in [2.45, 2.75) is 77.2 Å². The highest BCUT2D eigenvalue weighted by atomic mass is 16.2. The monoisotopic (exact) mass is 503 g/mol. The molecule has 0 saturated carbocycles. The van der Waals surface area contributed by atoms with Crippen molar-refractivity contribution in [3.8, 4) is 11.3 Å². The van der Waals surface area contributed by atoms with E-state index in [1.54, 1.807) is 17.2 Å². The van der Waals surface area contributed by atoms with E-state index in [0.717, 1.165) is 41.8 Å². The summed E-state index contributed by atoms with van der Waals surface area (Å²) in [5.74, 6) is -0.827. The summed E-state index contributed by atoms with van der Waals surface area (Å²) in [6.07, 6.45) is 4.18. The number of hydrogen-bond donors (Lipinski definition) is 2. The second-order valence-electron chi connectivity index (χ2n) is 11.2. The Labute approximate surface area is 216 Å². The summed E-state index contributed by atoms with van der Waals surface area (Å²) in [5.41, 5.74) is 3.91. The zero-order chi connectivity index (χ0) is 26.3. The van der Waals surface area contributed by atoms with Gasteiger partial charge in [0.15, 0.2) is 0 Å². The molecule has 0 aliphatic carbocycles. The van der Waals surface area contributed by atoms with Crippen molar-refractivity contribution in [3.63, 3.8) is 0 Å². The van der Waals surface area contributed by atoms with Gasteiger partial charge in [0.05, 0.1) is 11.7 Å². The topological polar surface area (TPSA) is 112 Å². The molecule has 5 rings (SSSR count). The number of carbonyl (C=O) groups excluding carboxylic acids is 4. The Morgan fingerprint density at radius 1 is 1.14 bits per heavy atom. The third-order valence-electron chi connectivity index (χ3n) is 7.19. The van der Waals surface area contributed by atoms with Crippen molar-refractivity contribution < 1.29 is 19.2 Å². The molecule has 1 aromatic heterocycles. The van der Waals surface area contributed by atoms with Gasteiger partial charge in [-0.25, -0.2) is 0 Å². The molecule has 0 radical (unpaired) electrons. The fraction of sp³-hybridized carbons (Fsp3) is 0.464. The summed E-state index contributed by atoms with van der Waals surface area (Å²) in [5, 5.41) is 5.44. The maximum absolute atomic E-state index is 13.0. The lowest BCUT2D eigenvalue weighted by Crippen LogP contribution is -2.52. The van der Waals surface area contributed by atoms with Crippen LogP contribution in [0.15, 0.2) is 36.5 Å². The van der Waals surface area contributed by atoms with Crippen LogP contribution >= 0.6 is 0 Å². The zero-order valence-electron chi connectivity index (χ0n) is 21.5. The molecule has 194 valence electrons. The Morgan fingerprint density at radius 2 is 1.95 bits per heavy atom. The number of amides is 4. The van der Waals surface area contributed by atoms with E-state index in [2.05, 4.69) is 20.5 Å². The van der Waals surface area contributed by atoms with Crippen LogP contribution in [0.2, 0.25) is 0 Å². The van der Waals surface area contributed by atoms with Crippen molar-refractivity contribution in [3.05, 3.63) is 53.2 Å². The summed E-state index contributed by atoms with van der Waals surface area (Å²) in [6.45, 7) is 7.84. The standard InChI is InChI=1S/C28H33N5O4/c1-28(2,3)31-26(36)22-5-4-12-32(22)15-17-10-11-29-21(13-17)18-6-7-20-19(14-18)16-33(27(20)37)23-8-9-24(34)30-25(23)35/h6-7,10-11,13-14,22-23H,4-5,8-9,12,15-16H2,1-3H3,(H,31,36)(H,30,34,35). The molecule has 2 atom stereocenters. The van der Waals surface area contributed by atoms with Crippen LogP contribution in [0.1, 0.15) is 67.9 Å². The normalized spacial score (nSPS) is 22.2. The lowest BCUT2D eigenvalue weighted by Gasteiger charge is -2.29. The van der Waals surface area contributed by atoms with Gasteiger partial charge in [-0.15, -0.1) is 0 Å². The second kappa shape index (κ2) is 9.70. The predicted molar refractivity (Wildman–Crippen MR) is 137 cm³/mol. The first-order chi connectivity index (χ1) is 17.6. The van der Waals surface area contributed by atoms with Gasteiger partial charge in [0, 0.05) is 42.4 Å². The summed E-state index contributed by atoms with van der Waals surface area (Å²) in [6, 6.07) is 8.87. The van der Waals surface area contributed by atoms with E-state index in [0.29, 0.717) is 25.1 Å². The van der Waals surface area contributed by atoms with Crippen molar-refractivity contribution in [1.82, 2.24) is 25.4 Å².